The average molecular weight is 221 g/mol. The van der Waals surface area contributed by atoms with Gasteiger partial charge in [0, 0.05) is 12.4 Å². The Labute approximate surface area is 84.6 Å². The van der Waals surface area contributed by atoms with Crippen molar-refractivity contribution < 1.29 is 23.1 Å². The van der Waals surface area contributed by atoms with Gasteiger partial charge in [0.25, 0.3) is 0 Å². The molecule has 0 amide bonds. The zero-order valence-electron chi connectivity index (χ0n) is 8.17. The number of aliphatic carboxylic acids is 1. The minimum absolute atomic E-state index is 1.23. The van der Waals surface area contributed by atoms with E-state index in [-0.39, 0.29) is 0 Å². The van der Waals surface area contributed by atoms with E-state index in [2.05, 4.69) is 11.1 Å². The van der Waals surface area contributed by atoms with Crippen LogP contribution >= 0.6 is 0 Å². The quantitative estimate of drug-likeness (QED) is 0.731. The number of aryl methyl sites for hydroxylation is 2. The van der Waals surface area contributed by atoms with Crippen LogP contribution in [0.25, 0.3) is 0 Å². The fourth-order valence-corrected chi connectivity index (χ4v) is 0.706. The van der Waals surface area contributed by atoms with Crippen LogP contribution in [-0.4, -0.2) is 22.2 Å². The molecule has 15 heavy (non-hydrogen) atoms. The van der Waals surface area contributed by atoms with Crippen LogP contribution < -0.4 is 0 Å². The van der Waals surface area contributed by atoms with Gasteiger partial charge in [0.2, 0.25) is 0 Å². The van der Waals surface area contributed by atoms with Crippen LogP contribution in [0.2, 0.25) is 0 Å². The summed E-state index contributed by atoms with van der Waals surface area (Å²) in [5, 5.41) is 7.12. The number of alkyl halides is 3. The highest BCUT2D eigenvalue weighted by molar-refractivity contribution is 5.73. The number of carbonyl (C=O) groups is 1. The molecule has 1 rings (SSSR count). The molecular formula is C9H10F3NO2. The van der Waals surface area contributed by atoms with E-state index in [1.54, 1.807) is 0 Å². The lowest BCUT2D eigenvalue weighted by Gasteiger charge is -1.93. The molecule has 1 heterocycles. The zero-order chi connectivity index (χ0) is 12.1. The van der Waals surface area contributed by atoms with E-state index in [0.29, 0.717) is 0 Å². The summed E-state index contributed by atoms with van der Waals surface area (Å²) in [6.07, 6.45) is -1.38. The maximum Gasteiger partial charge on any atom is 0.490 e. The van der Waals surface area contributed by atoms with Crippen LogP contribution in [-0.2, 0) is 4.79 Å². The third-order valence-electron chi connectivity index (χ3n) is 1.25. The minimum atomic E-state index is -5.08. The number of halogens is 3. The molecule has 0 aliphatic rings. The third-order valence-corrected chi connectivity index (χ3v) is 1.25. The van der Waals surface area contributed by atoms with Crippen molar-refractivity contribution in [2.75, 3.05) is 0 Å². The first kappa shape index (κ1) is 13.4. The van der Waals surface area contributed by atoms with Crippen molar-refractivity contribution >= 4 is 5.97 Å². The molecule has 6 heteroatoms. The number of hydrogen-bond donors (Lipinski definition) is 1. The lowest BCUT2D eigenvalue weighted by Crippen LogP contribution is -2.21. The molecule has 0 bridgehead atoms. The Morgan fingerprint density at radius 1 is 1.27 bits per heavy atom. The van der Waals surface area contributed by atoms with E-state index in [0.717, 1.165) is 0 Å². The molecule has 0 radical (unpaired) electrons. The van der Waals surface area contributed by atoms with Crippen LogP contribution in [0.4, 0.5) is 13.2 Å². The molecule has 0 aliphatic heterocycles. The molecule has 0 saturated heterocycles. The number of aromatic nitrogens is 1. The normalized spacial score (nSPS) is 10.2. The van der Waals surface area contributed by atoms with Gasteiger partial charge in [0.1, 0.15) is 0 Å². The fraction of sp³-hybridized carbons (Fsp3) is 0.333. The molecule has 84 valence electrons. The summed E-state index contributed by atoms with van der Waals surface area (Å²) in [6, 6.07) is 2.10. The number of carboxylic acid groups (broad SMARTS) is 1. The lowest BCUT2D eigenvalue weighted by atomic mass is 10.2. The first-order chi connectivity index (χ1) is 6.73. The monoisotopic (exact) mass is 221 g/mol. The number of rotatable bonds is 0. The topological polar surface area (TPSA) is 50.2 Å². The van der Waals surface area contributed by atoms with E-state index in [1.807, 2.05) is 26.2 Å². The second-order valence-electron chi connectivity index (χ2n) is 2.84. The molecule has 0 aromatic carbocycles. The number of hydrogen-bond acceptors (Lipinski definition) is 2. The zero-order valence-corrected chi connectivity index (χ0v) is 8.17. The van der Waals surface area contributed by atoms with Crippen molar-refractivity contribution in [3.63, 3.8) is 0 Å². The maximum atomic E-state index is 10.6. The molecule has 0 atom stereocenters. The summed E-state index contributed by atoms with van der Waals surface area (Å²) in [4.78, 5) is 12.9. The smallest absolute Gasteiger partial charge is 0.475 e. The van der Waals surface area contributed by atoms with Crippen molar-refractivity contribution in [1.29, 1.82) is 0 Å². The van der Waals surface area contributed by atoms with Gasteiger partial charge in [-0.05, 0) is 25.0 Å². The second kappa shape index (κ2) is 5.33. The highest BCUT2D eigenvalue weighted by atomic mass is 19.4. The van der Waals surface area contributed by atoms with E-state index < -0.39 is 12.1 Å². The number of nitrogens with zero attached hydrogens (tertiary/aromatic N) is 1. The number of carboxylic acids is 1. The molecule has 0 aliphatic carbocycles. The van der Waals surface area contributed by atoms with Crippen LogP contribution in [0, 0.1) is 13.8 Å². The Balaban J connectivity index is 0.000000265. The summed E-state index contributed by atoms with van der Waals surface area (Å²) >= 11 is 0. The van der Waals surface area contributed by atoms with E-state index >= 15 is 0 Å². The van der Waals surface area contributed by atoms with E-state index in [1.165, 1.54) is 11.1 Å². The highest BCUT2D eigenvalue weighted by Crippen LogP contribution is 2.13. The maximum absolute atomic E-state index is 10.6. The predicted molar refractivity (Wildman–Crippen MR) is 47.4 cm³/mol. The van der Waals surface area contributed by atoms with Crippen LogP contribution in [0.3, 0.4) is 0 Å². The summed E-state index contributed by atoms with van der Waals surface area (Å²) in [5.74, 6) is -2.76. The first-order valence-corrected chi connectivity index (χ1v) is 3.92. The van der Waals surface area contributed by atoms with Crippen LogP contribution in [0.5, 0.6) is 0 Å². The van der Waals surface area contributed by atoms with E-state index in [9.17, 15) is 13.2 Å². The summed E-state index contributed by atoms with van der Waals surface area (Å²) < 4.78 is 31.7. The van der Waals surface area contributed by atoms with Gasteiger partial charge in [-0.3, -0.25) is 4.98 Å². The Kier molecular flexibility index (Phi) is 4.77. The van der Waals surface area contributed by atoms with Crippen LogP contribution in [0.1, 0.15) is 11.1 Å². The van der Waals surface area contributed by atoms with Gasteiger partial charge in [-0.2, -0.15) is 13.2 Å². The molecular weight excluding hydrogens is 211 g/mol. The molecule has 0 saturated carbocycles. The van der Waals surface area contributed by atoms with Gasteiger partial charge in [0.15, 0.2) is 0 Å². The van der Waals surface area contributed by atoms with Gasteiger partial charge in [-0.15, -0.1) is 0 Å². The fourth-order valence-electron chi connectivity index (χ4n) is 0.706. The minimum Gasteiger partial charge on any atom is -0.475 e. The van der Waals surface area contributed by atoms with Gasteiger partial charge >= 0.3 is 12.1 Å². The molecule has 0 fully saturated rings. The Morgan fingerprint density at radius 3 is 1.73 bits per heavy atom. The molecule has 3 nitrogen and oxygen atoms in total. The SMILES string of the molecule is Cc1cncc(C)c1.O=C(O)C(F)(F)F. The largest absolute Gasteiger partial charge is 0.490 e. The summed E-state index contributed by atoms with van der Waals surface area (Å²) in [6.45, 7) is 4.08. The third kappa shape index (κ3) is 6.48. The van der Waals surface area contributed by atoms with Crippen molar-refractivity contribution in [2.24, 2.45) is 0 Å². The summed E-state index contributed by atoms with van der Waals surface area (Å²) in [7, 11) is 0. The van der Waals surface area contributed by atoms with Gasteiger partial charge in [-0.25, -0.2) is 4.79 Å². The molecule has 1 aromatic heterocycles. The van der Waals surface area contributed by atoms with Crippen LogP contribution in [0.15, 0.2) is 18.5 Å². The Morgan fingerprint density at radius 2 is 1.60 bits per heavy atom. The highest BCUT2D eigenvalue weighted by Gasteiger charge is 2.38. The Hall–Kier alpha value is -1.59. The average Bonchev–Trinajstić information content (AvgIpc) is 2.02. The first-order valence-electron chi connectivity index (χ1n) is 3.92. The van der Waals surface area contributed by atoms with Gasteiger partial charge in [-0.1, -0.05) is 6.07 Å². The van der Waals surface area contributed by atoms with Crippen molar-refractivity contribution in [3.8, 4) is 0 Å². The number of pyridine rings is 1. The standard InChI is InChI=1S/C7H9N.C2HF3O2/c1-6-3-7(2)5-8-4-6;3-2(4,5)1(6)7/h3-5H,1-2H3;(H,6,7). The summed E-state index contributed by atoms with van der Waals surface area (Å²) in [5.41, 5.74) is 2.45. The Bertz CT molecular complexity index is 319. The predicted octanol–water partition coefficient (Wildman–Crippen LogP) is 2.33. The lowest BCUT2D eigenvalue weighted by molar-refractivity contribution is -0.192. The molecule has 0 unspecified atom stereocenters. The van der Waals surface area contributed by atoms with Crippen molar-refractivity contribution in [1.82, 2.24) is 4.98 Å². The molecule has 1 aromatic rings. The second-order valence-corrected chi connectivity index (χ2v) is 2.84. The molecule has 1 N–H and O–H groups in total. The van der Waals surface area contributed by atoms with Crippen molar-refractivity contribution in [2.45, 2.75) is 20.0 Å². The van der Waals surface area contributed by atoms with E-state index in [4.69, 9.17) is 9.90 Å². The van der Waals surface area contributed by atoms with Gasteiger partial charge < -0.3 is 5.11 Å². The molecule has 0 spiro atoms. The van der Waals surface area contributed by atoms with Gasteiger partial charge in [0.05, 0.1) is 0 Å². The van der Waals surface area contributed by atoms with Crippen molar-refractivity contribution in [3.05, 3.63) is 29.6 Å².